The van der Waals surface area contributed by atoms with Crippen LogP contribution < -0.4 is 4.74 Å². The molecule has 1 nitrogen and oxygen atoms in total. The van der Waals surface area contributed by atoms with E-state index < -0.39 is 17.5 Å². The lowest BCUT2D eigenvalue weighted by atomic mass is 9.98. The van der Waals surface area contributed by atoms with Crippen molar-refractivity contribution in [1.29, 1.82) is 0 Å². The van der Waals surface area contributed by atoms with Gasteiger partial charge in [-0.3, -0.25) is 0 Å². The first kappa shape index (κ1) is 21.0. The Kier molecular flexibility index (Phi) is 6.97. The van der Waals surface area contributed by atoms with Gasteiger partial charge in [0.25, 0.3) is 0 Å². The van der Waals surface area contributed by atoms with Crippen molar-refractivity contribution >= 4 is 0 Å². The second kappa shape index (κ2) is 9.64. The summed E-state index contributed by atoms with van der Waals surface area (Å²) in [6.45, 7) is 4.17. The van der Waals surface area contributed by atoms with Gasteiger partial charge in [0.1, 0.15) is 0 Å². The van der Waals surface area contributed by atoms with Crippen molar-refractivity contribution < 1.29 is 17.9 Å². The highest BCUT2D eigenvalue weighted by molar-refractivity contribution is 5.64. The van der Waals surface area contributed by atoms with Gasteiger partial charge in [-0.05, 0) is 66.1 Å². The van der Waals surface area contributed by atoms with Crippen molar-refractivity contribution in [3.63, 3.8) is 0 Å². The molecule has 3 aromatic carbocycles. The molecule has 0 bridgehead atoms. The summed E-state index contributed by atoms with van der Waals surface area (Å²) in [5.74, 6) is -1.61. The standard InChI is InChI=1S/C25H25F3O/c1-3-5-19-12-13-20(25(28)24(19)27)11-8-17-6-9-18(10-7-17)21-14-15-23(29-4-2)22(26)16-21/h6-7,9-10,12-16H,3-5,8,11H2,1-2H3. The Morgan fingerprint density at radius 1 is 0.690 bits per heavy atom. The zero-order valence-electron chi connectivity index (χ0n) is 16.8. The number of ether oxygens (including phenoxy) is 1. The van der Waals surface area contributed by atoms with Crippen LogP contribution in [0.25, 0.3) is 11.1 Å². The molecule has 0 aliphatic heterocycles. The maximum atomic E-state index is 14.3. The molecular weight excluding hydrogens is 373 g/mol. The van der Waals surface area contributed by atoms with E-state index in [4.69, 9.17) is 4.74 Å². The number of benzene rings is 3. The average Bonchev–Trinajstić information content (AvgIpc) is 2.73. The molecule has 0 saturated carbocycles. The zero-order chi connectivity index (χ0) is 20.8. The van der Waals surface area contributed by atoms with Gasteiger partial charge in [0.05, 0.1) is 6.61 Å². The lowest BCUT2D eigenvalue weighted by Gasteiger charge is -2.09. The molecule has 4 heteroatoms. The molecule has 0 aliphatic rings. The minimum atomic E-state index is -0.738. The Morgan fingerprint density at radius 3 is 1.90 bits per heavy atom. The van der Waals surface area contributed by atoms with E-state index in [0.29, 0.717) is 37.0 Å². The zero-order valence-corrected chi connectivity index (χ0v) is 16.8. The lowest BCUT2D eigenvalue weighted by Crippen LogP contribution is -2.01. The fraction of sp³-hybridized carbons (Fsp3) is 0.280. The summed E-state index contributed by atoms with van der Waals surface area (Å²) in [4.78, 5) is 0. The lowest BCUT2D eigenvalue weighted by molar-refractivity contribution is 0.321. The Labute approximate surface area is 170 Å². The van der Waals surface area contributed by atoms with Gasteiger partial charge in [0.15, 0.2) is 23.2 Å². The fourth-order valence-corrected chi connectivity index (χ4v) is 3.38. The van der Waals surface area contributed by atoms with Gasteiger partial charge in [0, 0.05) is 0 Å². The molecule has 3 rings (SSSR count). The molecule has 0 fully saturated rings. The first-order valence-electron chi connectivity index (χ1n) is 10.0. The predicted octanol–water partition coefficient (Wildman–Crippen LogP) is 6.91. The molecule has 0 radical (unpaired) electrons. The number of hydrogen-bond acceptors (Lipinski definition) is 1. The Balaban J connectivity index is 1.68. The van der Waals surface area contributed by atoms with E-state index in [1.54, 1.807) is 18.2 Å². The minimum Gasteiger partial charge on any atom is -0.491 e. The molecule has 0 amide bonds. The molecule has 0 saturated heterocycles. The Bertz CT molecular complexity index is 965. The molecule has 0 unspecified atom stereocenters. The van der Waals surface area contributed by atoms with Crippen molar-refractivity contribution in [2.45, 2.75) is 39.5 Å². The van der Waals surface area contributed by atoms with Gasteiger partial charge in [-0.15, -0.1) is 0 Å². The largest absolute Gasteiger partial charge is 0.491 e. The summed E-state index contributed by atoms with van der Waals surface area (Å²) in [6, 6.07) is 15.9. The van der Waals surface area contributed by atoms with Gasteiger partial charge < -0.3 is 4.74 Å². The highest BCUT2D eigenvalue weighted by Gasteiger charge is 2.13. The van der Waals surface area contributed by atoms with Gasteiger partial charge >= 0.3 is 0 Å². The normalized spacial score (nSPS) is 10.9. The number of rotatable bonds is 8. The Morgan fingerprint density at radius 2 is 1.31 bits per heavy atom. The van der Waals surface area contributed by atoms with Crippen molar-refractivity contribution in [3.8, 4) is 16.9 Å². The molecule has 0 aliphatic carbocycles. The SMILES string of the molecule is CCCc1ccc(CCc2ccc(-c3ccc(OCC)c(F)c3)cc2)c(F)c1F. The van der Waals surface area contributed by atoms with Gasteiger partial charge in [-0.25, -0.2) is 13.2 Å². The second-order valence-electron chi connectivity index (χ2n) is 7.04. The van der Waals surface area contributed by atoms with E-state index >= 15 is 0 Å². The average molecular weight is 398 g/mol. The van der Waals surface area contributed by atoms with Gasteiger partial charge in [-0.1, -0.05) is 55.8 Å². The highest BCUT2D eigenvalue weighted by atomic mass is 19.2. The van der Waals surface area contributed by atoms with E-state index in [1.165, 1.54) is 6.07 Å². The van der Waals surface area contributed by atoms with Crippen LogP contribution in [0, 0.1) is 17.5 Å². The summed E-state index contributed by atoms with van der Waals surface area (Å²) >= 11 is 0. The van der Waals surface area contributed by atoms with Crippen molar-refractivity contribution in [3.05, 3.63) is 88.7 Å². The smallest absolute Gasteiger partial charge is 0.165 e. The van der Waals surface area contributed by atoms with Crippen LogP contribution in [0.2, 0.25) is 0 Å². The van der Waals surface area contributed by atoms with Crippen LogP contribution in [-0.2, 0) is 19.3 Å². The quantitative estimate of drug-likeness (QED) is 0.401. The van der Waals surface area contributed by atoms with Crippen LogP contribution in [0.5, 0.6) is 5.75 Å². The third-order valence-electron chi connectivity index (χ3n) is 4.96. The molecule has 0 atom stereocenters. The molecule has 0 N–H and O–H groups in total. The molecule has 0 aromatic heterocycles. The van der Waals surface area contributed by atoms with Gasteiger partial charge in [0.2, 0.25) is 0 Å². The second-order valence-corrected chi connectivity index (χ2v) is 7.04. The summed E-state index contributed by atoms with van der Waals surface area (Å²) < 4.78 is 47.7. The predicted molar refractivity (Wildman–Crippen MR) is 111 cm³/mol. The maximum absolute atomic E-state index is 14.3. The highest BCUT2D eigenvalue weighted by Crippen LogP contribution is 2.26. The third kappa shape index (κ3) is 5.00. The van der Waals surface area contributed by atoms with Crippen LogP contribution in [0.4, 0.5) is 13.2 Å². The van der Waals surface area contributed by atoms with E-state index in [1.807, 2.05) is 44.2 Å². The minimum absolute atomic E-state index is 0.243. The molecular formula is C25H25F3O. The number of halogens is 3. The number of aryl methyl sites for hydroxylation is 3. The number of hydrogen-bond donors (Lipinski definition) is 0. The summed E-state index contributed by atoms with van der Waals surface area (Å²) in [7, 11) is 0. The first-order valence-corrected chi connectivity index (χ1v) is 10.0. The van der Waals surface area contributed by atoms with Gasteiger partial charge in [-0.2, -0.15) is 0 Å². The van der Waals surface area contributed by atoms with Crippen molar-refractivity contribution in [1.82, 2.24) is 0 Å². The topological polar surface area (TPSA) is 9.23 Å². The van der Waals surface area contributed by atoms with E-state index in [2.05, 4.69) is 0 Å². The molecule has 152 valence electrons. The molecule has 0 heterocycles. The van der Waals surface area contributed by atoms with Crippen LogP contribution >= 0.6 is 0 Å². The van der Waals surface area contributed by atoms with Crippen LogP contribution in [0.3, 0.4) is 0 Å². The van der Waals surface area contributed by atoms with Crippen LogP contribution in [0.15, 0.2) is 54.6 Å². The van der Waals surface area contributed by atoms with E-state index in [-0.39, 0.29) is 5.75 Å². The first-order chi connectivity index (χ1) is 14.0. The van der Waals surface area contributed by atoms with E-state index in [9.17, 15) is 13.2 Å². The molecule has 29 heavy (non-hydrogen) atoms. The summed E-state index contributed by atoms with van der Waals surface area (Å²) in [6.07, 6.45) is 2.34. The maximum Gasteiger partial charge on any atom is 0.165 e. The Hall–Kier alpha value is -2.75. The molecule has 3 aromatic rings. The fourth-order valence-electron chi connectivity index (χ4n) is 3.38. The third-order valence-corrected chi connectivity index (χ3v) is 4.96. The summed E-state index contributed by atoms with van der Waals surface area (Å²) in [5, 5.41) is 0. The summed E-state index contributed by atoms with van der Waals surface area (Å²) in [5.41, 5.74) is 3.48. The van der Waals surface area contributed by atoms with Crippen LogP contribution in [-0.4, -0.2) is 6.61 Å². The molecule has 0 spiro atoms. The van der Waals surface area contributed by atoms with Crippen LogP contribution in [0.1, 0.15) is 37.0 Å². The van der Waals surface area contributed by atoms with Crippen molar-refractivity contribution in [2.75, 3.05) is 6.61 Å². The monoisotopic (exact) mass is 398 g/mol. The van der Waals surface area contributed by atoms with E-state index in [0.717, 1.165) is 23.1 Å². The van der Waals surface area contributed by atoms with Crippen molar-refractivity contribution in [2.24, 2.45) is 0 Å².